The maximum Gasteiger partial charge on any atom is 0.279 e. The number of nitrogens with zero attached hydrogens (tertiary/aromatic N) is 1. The Morgan fingerprint density at radius 2 is 1.96 bits per heavy atom. The first-order chi connectivity index (χ1) is 11.3. The summed E-state index contributed by atoms with van der Waals surface area (Å²) in [5.74, 6) is 0.129. The third kappa shape index (κ3) is 4.25. The van der Waals surface area contributed by atoms with Gasteiger partial charge in [0.2, 0.25) is 0 Å². The van der Waals surface area contributed by atoms with Gasteiger partial charge in [0.1, 0.15) is 5.75 Å². The number of rotatable bonds is 7. The number of anilines is 1. The maximum atomic E-state index is 12.5. The van der Waals surface area contributed by atoms with E-state index < -0.39 is 15.9 Å². The number of sulfonamides is 1. The molecule has 130 valence electrons. The molecule has 1 heterocycles. The molecule has 0 spiro atoms. The first-order valence-corrected chi connectivity index (χ1v) is 8.91. The molecule has 3 N–H and O–H groups in total. The Morgan fingerprint density at radius 1 is 1.29 bits per heavy atom. The van der Waals surface area contributed by atoms with E-state index in [1.807, 2.05) is 6.92 Å². The van der Waals surface area contributed by atoms with Crippen molar-refractivity contribution in [3.05, 3.63) is 36.0 Å². The molecule has 8 nitrogen and oxygen atoms in total. The van der Waals surface area contributed by atoms with Crippen LogP contribution in [0.25, 0.3) is 0 Å². The standard InChI is InChI=1S/C15H20N4O4S/c1-4-23-12-7-5-11(6-8-12)19-24(21,22)15-13(9-16-18-15)14(20)17-10(2)3/h5-10,19H,4H2,1-3H3,(H,16,18)(H,17,20). The number of amides is 1. The van der Waals surface area contributed by atoms with Gasteiger partial charge in [-0.25, -0.2) is 0 Å². The number of benzene rings is 1. The third-order valence-corrected chi connectivity index (χ3v) is 4.31. The van der Waals surface area contributed by atoms with E-state index in [-0.39, 0.29) is 16.6 Å². The van der Waals surface area contributed by atoms with E-state index in [9.17, 15) is 13.2 Å². The van der Waals surface area contributed by atoms with Gasteiger partial charge >= 0.3 is 0 Å². The molecule has 1 aromatic carbocycles. The molecule has 0 aliphatic rings. The molecule has 9 heteroatoms. The molecule has 24 heavy (non-hydrogen) atoms. The monoisotopic (exact) mass is 352 g/mol. The molecule has 2 rings (SSSR count). The molecule has 2 aromatic rings. The highest BCUT2D eigenvalue weighted by Crippen LogP contribution is 2.20. The molecular formula is C15H20N4O4S. The number of ether oxygens (including phenoxy) is 1. The fourth-order valence-corrected chi connectivity index (χ4v) is 3.13. The van der Waals surface area contributed by atoms with Crippen LogP contribution >= 0.6 is 0 Å². The van der Waals surface area contributed by atoms with Crippen molar-refractivity contribution in [2.45, 2.75) is 31.8 Å². The van der Waals surface area contributed by atoms with E-state index in [4.69, 9.17) is 4.74 Å². The first kappa shape index (κ1) is 17.8. The van der Waals surface area contributed by atoms with Crippen LogP contribution in [0.2, 0.25) is 0 Å². The maximum absolute atomic E-state index is 12.5. The molecule has 0 saturated carbocycles. The van der Waals surface area contributed by atoms with Gasteiger partial charge in [0, 0.05) is 11.7 Å². The molecule has 0 bridgehead atoms. The van der Waals surface area contributed by atoms with E-state index in [1.54, 1.807) is 38.1 Å². The fourth-order valence-electron chi connectivity index (χ4n) is 1.97. The molecule has 0 unspecified atom stereocenters. The van der Waals surface area contributed by atoms with Crippen LogP contribution in [0.3, 0.4) is 0 Å². The smallest absolute Gasteiger partial charge is 0.279 e. The molecule has 0 radical (unpaired) electrons. The highest BCUT2D eigenvalue weighted by molar-refractivity contribution is 7.92. The van der Waals surface area contributed by atoms with Crippen LogP contribution in [0.1, 0.15) is 31.1 Å². The van der Waals surface area contributed by atoms with Crippen LogP contribution in [0.15, 0.2) is 35.5 Å². The predicted octanol–water partition coefficient (Wildman–Crippen LogP) is 1.75. The Hall–Kier alpha value is -2.55. The van der Waals surface area contributed by atoms with Gasteiger partial charge in [-0.3, -0.25) is 14.6 Å². The summed E-state index contributed by atoms with van der Waals surface area (Å²) in [4.78, 5) is 12.1. The summed E-state index contributed by atoms with van der Waals surface area (Å²) in [6.07, 6.45) is 1.18. The van der Waals surface area contributed by atoms with Gasteiger partial charge in [-0.2, -0.15) is 13.5 Å². The topological polar surface area (TPSA) is 113 Å². The van der Waals surface area contributed by atoms with Gasteiger partial charge in [-0.1, -0.05) is 0 Å². The Bertz CT molecular complexity index is 797. The number of carbonyl (C=O) groups excluding carboxylic acids is 1. The van der Waals surface area contributed by atoms with Crippen molar-refractivity contribution in [3.8, 4) is 5.75 Å². The van der Waals surface area contributed by atoms with Crippen molar-refractivity contribution in [2.75, 3.05) is 11.3 Å². The third-order valence-electron chi connectivity index (χ3n) is 2.96. The second-order valence-corrected chi connectivity index (χ2v) is 6.92. The number of aromatic amines is 1. The number of H-pyrrole nitrogens is 1. The summed E-state index contributed by atoms with van der Waals surface area (Å²) in [6, 6.07) is 6.34. The molecule has 0 fully saturated rings. The second kappa shape index (κ2) is 7.35. The van der Waals surface area contributed by atoms with Crippen molar-refractivity contribution < 1.29 is 17.9 Å². The van der Waals surface area contributed by atoms with Crippen LogP contribution in [0.4, 0.5) is 5.69 Å². The molecule has 1 amide bonds. The average Bonchev–Trinajstić information content (AvgIpc) is 2.99. The fraction of sp³-hybridized carbons (Fsp3) is 0.333. The SMILES string of the molecule is CCOc1ccc(NS(=O)(=O)c2[nH]ncc2C(=O)NC(C)C)cc1. The minimum absolute atomic E-state index is 0.0397. The van der Waals surface area contributed by atoms with E-state index >= 15 is 0 Å². The van der Waals surface area contributed by atoms with Gasteiger partial charge < -0.3 is 10.1 Å². The van der Waals surface area contributed by atoms with Crippen molar-refractivity contribution >= 4 is 21.6 Å². The lowest BCUT2D eigenvalue weighted by atomic mass is 10.3. The summed E-state index contributed by atoms with van der Waals surface area (Å²) in [5.41, 5.74) is 0.311. The van der Waals surface area contributed by atoms with E-state index in [0.29, 0.717) is 18.0 Å². The lowest BCUT2D eigenvalue weighted by Crippen LogP contribution is -2.31. The Labute approximate surface area is 140 Å². The summed E-state index contributed by atoms with van der Waals surface area (Å²) >= 11 is 0. The second-order valence-electron chi connectivity index (χ2n) is 5.30. The Morgan fingerprint density at radius 3 is 2.54 bits per heavy atom. The summed E-state index contributed by atoms with van der Waals surface area (Å²) < 4.78 is 32.7. The van der Waals surface area contributed by atoms with Crippen molar-refractivity contribution in [3.63, 3.8) is 0 Å². The molecule has 0 atom stereocenters. The quantitative estimate of drug-likeness (QED) is 0.702. The number of carbonyl (C=O) groups is 1. The zero-order valence-corrected chi connectivity index (χ0v) is 14.5. The van der Waals surface area contributed by atoms with Gasteiger partial charge in [-0.15, -0.1) is 0 Å². The highest BCUT2D eigenvalue weighted by atomic mass is 32.2. The Kier molecular flexibility index (Phi) is 5.45. The Balaban J connectivity index is 2.22. The molecule has 0 aliphatic carbocycles. The van der Waals surface area contributed by atoms with Crippen LogP contribution in [0, 0.1) is 0 Å². The minimum Gasteiger partial charge on any atom is -0.494 e. The van der Waals surface area contributed by atoms with Gasteiger partial charge in [0.25, 0.3) is 15.9 Å². The summed E-state index contributed by atoms with van der Waals surface area (Å²) in [5, 5.41) is 8.39. The van der Waals surface area contributed by atoms with Gasteiger partial charge in [-0.05, 0) is 45.0 Å². The zero-order chi connectivity index (χ0) is 17.7. The molecule has 0 aliphatic heterocycles. The van der Waals surface area contributed by atoms with Crippen LogP contribution < -0.4 is 14.8 Å². The number of nitrogens with one attached hydrogen (secondary N) is 3. The highest BCUT2D eigenvalue weighted by Gasteiger charge is 2.25. The summed E-state index contributed by atoms with van der Waals surface area (Å²) in [7, 11) is -3.98. The number of hydrogen-bond acceptors (Lipinski definition) is 5. The van der Waals surface area contributed by atoms with Crippen LogP contribution in [-0.4, -0.2) is 37.2 Å². The normalized spacial score (nSPS) is 11.3. The van der Waals surface area contributed by atoms with Crippen molar-refractivity contribution in [1.82, 2.24) is 15.5 Å². The van der Waals surface area contributed by atoms with E-state index in [0.717, 1.165) is 0 Å². The van der Waals surface area contributed by atoms with Gasteiger partial charge in [0.15, 0.2) is 5.03 Å². The first-order valence-electron chi connectivity index (χ1n) is 7.43. The number of aromatic nitrogens is 2. The predicted molar refractivity (Wildman–Crippen MR) is 89.6 cm³/mol. The van der Waals surface area contributed by atoms with Crippen molar-refractivity contribution in [2.24, 2.45) is 0 Å². The molecular weight excluding hydrogens is 332 g/mol. The van der Waals surface area contributed by atoms with Crippen molar-refractivity contribution in [1.29, 1.82) is 0 Å². The molecule has 0 saturated heterocycles. The minimum atomic E-state index is -3.98. The van der Waals surface area contributed by atoms with Crippen LogP contribution in [0.5, 0.6) is 5.75 Å². The van der Waals surface area contributed by atoms with Crippen LogP contribution in [-0.2, 0) is 10.0 Å². The van der Waals surface area contributed by atoms with E-state index in [1.165, 1.54) is 6.20 Å². The summed E-state index contributed by atoms with van der Waals surface area (Å²) in [6.45, 7) is 5.95. The number of hydrogen-bond donors (Lipinski definition) is 3. The largest absolute Gasteiger partial charge is 0.494 e. The average molecular weight is 352 g/mol. The lowest BCUT2D eigenvalue weighted by Gasteiger charge is -2.10. The zero-order valence-electron chi connectivity index (χ0n) is 13.7. The van der Waals surface area contributed by atoms with Gasteiger partial charge in [0.05, 0.1) is 18.4 Å². The lowest BCUT2D eigenvalue weighted by molar-refractivity contribution is 0.0940. The van der Waals surface area contributed by atoms with E-state index in [2.05, 4.69) is 20.2 Å². The molecule has 1 aromatic heterocycles.